The molecule has 44 heavy (non-hydrogen) atoms. The number of ether oxygens (including phenoxy) is 3. The van der Waals surface area contributed by atoms with Crippen LogP contribution in [0.3, 0.4) is 0 Å². The maximum absolute atomic E-state index is 11.7. The van der Waals surface area contributed by atoms with Crippen LogP contribution in [0, 0.1) is 0 Å². The van der Waals surface area contributed by atoms with Crippen molar-refractivity contribution in [1.29, 1.82) is 0 Å². The Morgan fingerprint density at radius 2 is 1.27 bits per heavy atom. The zero-order valence-corrected chi connectivity index (χ0v) is 24.5. The van der Waals surface area contributed by atoms with Crippen molar-refractivity contribution in [2.24, 2.45) is 0 Å². The molecule has 0 aliphatic rings. The molecule has 6 heteroatoms. The van der Waals surface area contributed by atoms with Crippen molar-refractivity contribution in [1.82, 2.24) is 4.57 Å². The molecular formula is C38H33NO5. The molecule has 0 aliphatic carbocycles. The molecule has 6 nitrogen and oxygen atoms in total. The average molecular weight is 584 g/mol. The van der Waals surface area contributed by atoms with E-state index in [0.717, 1.165) is 22.7 Å². The van der Waals surface area contributed by atoms with Gasteiger partial charge >= 0.3 is 5.97 Å². The number of carbonyl (C=O) groups excluding carboxylic acids is 2. The Labute approximate surface area is 255 Å². The number of hydrogen-bond acceptors (Lipinski definition) is 5. The molecule has 6 rings (SSSR count). The Balaban J connectivity index is 1.41. The van der Waals surface area contributed by atoms with Crippen LogP contribution < -0.4 is 9.47 Å². The zero-order chi connectivity index (χ0) is 30.5. The summed E-state index contributed by atoms with van der Waals surface area (Å²) in [5, 5.41) is 7.29. The highest BCUT2D eigenvalue weighted by atomic mass is 16.6. The van der Waals surface area contributed by atoms with Crippen LogP contribution in [0.25, 0.3) is 43.4 Å². The lowest BCUT2D eigenvalue weighted by atomic mass is 10.00. The Morgan fingerprint density at radius 1 is 0.682 bits per heavy atom. The molecule has 220 valence electrons. The second-order valence-corrected chi connectivity index (χ2v) is 10.6. The Hall–Kier alpha value is -5.36. The smallest absolute Gasteiger partial charge is 0.330 e. The lowest BCUT2D eigenvalue weighted by molar-refractivity contribution is -0.138. The normalized spacial score (nSPS) is 11.2. The van der Waals surface area contributed by atoms with E-state index in [4.69, 9.17) is 14.2 Å². The van der Waals surface area contributed by atoms with Gasteiger partial charge in [-0.25, -0.2) is 4.79 Å². The molecular weight excluding hydrogens is 550 g/mol. The van der Waals surface area contributed by atoms with Crippen molar-refractivity contribution in [2.75, 3.05) is 19.8 Å². The second kappa shape index (κ2) is 12.9. The Bertz CT molecular complexity index is 1900. The van der Waals surface area contributed by atoms with Crippen molar-refractivity contribution in [2.45, 2.75) is 19.4 Å². The molecule has 0 bridgehead atoms. The van der Waals surface area contributed by atoms with E-state index in [2.05, 4.69) is 90.5 Å². The van der Waals surface area contributed by atoms with Gasteiger partial charge in [-0.3, -0.25) is 4.79 Å². The van der Waals surface area contributed by atoms with Crippen molar-refractivity contribution in [3.8, 4) is 11.5 Å². The summed E-state index contributed by atoms with van der Waals surface area (Å²) in [5.41, 5.74) is 3.27. The van der Waals surface area contributed by atoms with E-state index in [-0.39, 0.29) is 19.0 Å². The third-order valence-corrected chi connectivity index (χ3v) is 7.75. The van der Waals surface area contributed by atoms with Crippen LogP contribution in [0.5, 0.6) is 11.5 Å². The van der Waals surface area contributed by atoms with Gasteiger partial charge in [-0.2, -0.15) is 0 Å². The van der Waals surface area contributed by atoms with E-state index in [1.54, 1.807) is 0 Å². The highest BCUT2D eigenvalue weighted by Gasteiger charge is 2.17. The third kappa shape index (κ3) is 5.92. The van der Waals surface area contributed by atoms with Crippen molar-refractivity contribution < 1.29 is 23.8 Å². The van der Waals surface area contributed by atoms with Gasteiger partial charge in [0.25, 0.3) is 0 Å². The largest absolute Gasteiger partial charge is 0.493 e. The van der Waals surface area contributed by atoms with Gasteiger partial charge in [-0.05, 0) is 63.9 Å². The summed E-state index contributed by atoms with van der Waals surface area (Å²) in [6.45, 7) is 8.20. The maximum Gasteiger partial charge on any atom is 0.330 e. The number of hydrogen-bond donors (Lipinski definition) is 0. The summed E-state index contributed by atoms with van der Waals surface area (Å²) in [7, 11) is 0. The molecule has 0 radical (unpaired) electrons. The first-order chi connectivity index (χ1) is 21.6. The summed E-state index contributed by atoms with van der Waals surface area (Å²) < 4.78 is 19.5. The maximum atomic E-state index is 11.7. The van der Waals surface area contributed by atoms with Crippen molar-refractivity contribution in [3.05, 3.63) is 122 Å². The SMILES string of the molecule is C=CC(=O)CCCOc1cc(Cn2c3ccc4ccccc4c3c3c4ccccc4ccc32)cc(OCCOC(=O)C=C)c1. The van der Waals surface area contributed by atoms with Gasteiger partial charge in [0, 0.05) is 35.9 Å². The predicted molar refractivity (Wildman–Crippen MR) is 177 cm³/mol. The zero-order valence-electron chi connectivity index (χ0n) is 24.5. The first kappa shape index (κ1) is 28.7. The molecule has 1 heterocycles. The van der Waals surface area contributed by atoms with Gasteiger partial charge in [-0.1, -0.05) is 73.8 Å². The van der Waals surface area contributed by atoms with Crippen LogP contribution in [-0.2, 0) is 20.9 Å². The number of ketones is 1. The van der Waals surface area contributed by atoms with Crippen LogP contribution in [0.2, 0.25) is 0 Å². The number of nitrogens with zero attached hydrogens (tertiary/aromatic N) is 1. The van der Waals surface area contributed by atoms with Crippen molar-refractivity contribution >= 4 is 55.1 Å². The van der Waals surface area contributed by atoms with Gasteiger partial charge in [0.15, 0.2) is 5.78 Å². The molecule has 6 aromatic rings. The number of benzene rings is 5. The van der Waals surface area contributed by atoms with E-state index in [1.165, 1.54) is 38.4 Å². The lowest BCUT2D eigenvalue weighted by Crippen LogP contribution is -2.10. The van der Waals surface area contributed by atoms with E-state index in [0.29, 0.717) is 37.5 Å². The lowest BCUT2D eigenvalue weighted by Gasteiger charge is -2.14. The quantitative estimate of drug-likeness (QED) is 0.0779. The monoisotopic (exact) mass is 583 g/mol. The highest BCUT2D eigenvalue weighted by molar-refractivity contribution is 6.28. The molecule has 5 aromatic carbocycles. The number of aromatic nitrogens is 1. The molecule has 0 N–H and O–H groups in total. The molecule has 0 saturated heterocycles. The fraction of sp³-hybridized carbons (Fsp3) is 0.158. The summed E-state index contributed by atoms with van der Waals surface area (Å²) in [6.07, 6.45) is 3.42. The van der Waals surface area contributed by atoms with Gasteiger partial charge in [0.1, 0.15) is 24.7 Å². The first-order valence-electron chi connectivity index (χ1n) is 14.7. The number of carbonyl (C=O) groups is 2. The molecule has 0 spiro atoms. The molecule has 1 aromatic heterocycles. The minimum absolute atomic E-state index is 0.00754. The average Bonchev–Trinajstić information content (AvgIpc) is 3.38. The number of rotatable bonds is 13. The second-order valence-electron chi connectivity index (χ2n) is 10.6. The van der Waals surface area contributed by atoms with Gasteiger partial charge in [0.05, 0.1) is 17.6 Å². The Kier molecular flexibility index (Phi) is 8.41. The van der Waals surface area contributed by atoms with Crippen LogP contribution in [0.15, 0.2) is 116 Å². The topological polar surface area (TPSA) is 66.8 Å². The van der Waals surface area contributed by atoms with E-state index in [1.807, 2.05) is 18.2 Å². The van der Waals surface area contributed by atoms with Crippen LogP contribution in [-0.4, -0.2) is 36.1 Å². The van der Waals surface area contributed by atoms with E-state index >= 15 is 0 Å². The number of esters is 1. The fourth-order valence-electron chi connectivity index (χ4n) is 5.77. The van der Waals surface area contributed by atoms with Gasteiger partial charge < -0.3 is 18.8 Å². The number of fused-ring (bicyclic) bond motifs is 7. The molecule has 0 unspecified atom stereocenters. The summed E-state index contributed by atoms with van der Waals surface area (Å²) in [4.78, 5) is 23.1. The van der Waals surface area contributed by atoms with E-state index < -0.39 is 5.97 Å². The van der Waals surface area contributed by atoms with Crippen LogP contribution in [0.1, 0.15) is 18.4 Å². The first-order valence-corrected chi connectivity index (χ1v) is 14.7. The molecule has 0 aliphatic heterocycles. The van der Waals surface area contributed by atoms with Gasteiger partial charge in [-0.15, -0.1) is 0 Å². The summed E-state index contributed by atoms with van der Waals surface area (Å²) in [5.74, 6) is 0.744. The highest BCUT2D eigenvalue weighted by Crippen LogP contribution is 2.39. The standard InChI is InChI=1S/C38H33NO5/c1-3-29(40)12-9-19-42-30-22-26(23-31(24-30)43-20-21-44-36(41)4-2)25-39-34-17-15-27-10-5-7-13-32(27)37(34)38-33-14-8-6-11-28(33)16-18-35(38)39/h3-8,10-11,13-18,22-24H,1-2,9,12,19-21,25H2. The predicted octanol–water partition coefficient (Wildman–Crippen LogP) is 8.17. The Morgan fingerprint density at radius 3 is 1.86 bits per heavy atom. The molecule has 0 fully saturated rings. The molecule has 0 saturated carbocycles. The summed E-state index contributed by atoms with van der Waals surface area (Å²) in [6, 6.07) is 31.6. The minimum Gasteiger partial charge on any atom is -0.493 e. The van der Waals surface area contributed by atoms with Crippen LogP contribution in [0.4, 0.5) is 0 Å². The van der Waals surface area contributed by atoms with Crippen molar-refractivity contribution in [3.63, 3.8) is 0 Å². The fourth-order valence-corrected chi connectivity index (χ4v) is 5.77. The molecule has 0 amide bonds. The third-order valence-electron chi connectivity index (χ3n) is 7.75. The van der Waals surface area contributed by atoms with E-state index in [9.17, 15) is 9.59 Å². The summed E-state index contributed by atoms with van der Waals surface area (Å²) >= 11 is 0. The number of allylic oxidation sites excluding steroid dienone is 1. The van der Waals surface area contributed by atoms with Crippen LogP contribution >= 0.6 is 0 Å². The molecule has 0 atom stereocenters. The minimum atomic E-state index is -0.494. The van der Waals surface area contributed by atoms with Gasteiger partial charge in [0.2, 0.25) is 0 Å².